The summed E-state index contributed by atoms with van der Waals surface area (Å²) in [5, 5.41) is 3.44. The van der Waals surface area contributed by atoms with Crippen molar-refractivity contribution < 1.29 is 4.74 Å². The van der Waals surface area contributed by atoms with Crippen LogP contribution in [0, 0.1) is 5.92 Å². The Morgan fingerprint density at radius 1 is 1.39 bits per heavy atom. The second-order valence-corrected chi connectivity index (χ2v) is 6.20. The van der Waals surface area contributed by atoms with Gasteiger partial charge in [-0.2, -0.15) is 16.7 Å². The smallest absolute Gasteiger partial charge is 0.239 e. The van der Waals surface area contributed by atoms with E-state index in [4.69, 9.17) is 10.5 Å². The van der Waals surface area contributed by atoms with Crippen LogP contribution in [0.3, 0.4) is 0 Å². The molecule has 98 valence electrons. The molecule has 1 unspecified atom stereocenters. The summed E-state index contributed by atoms with van der Waals surface area (Å²) in [6, 6.07) is 4.34. The van der Waals surface area contributed by atoms with Crippen molar-refractivity contribution in [3.8, 4) is 5.88 Å². The number of nitrogen functional groups attached to an aromatic ring is 1. The van der Waals surface area contributed by atoms with Gasteiger partial charge in [0, 0.05) is 11.8 Å². The molecule has 1 aromatic rings. The van der Waals surface area contributed by atoms with Crippen molar-refractivity contribution in [3.63, 3.8) is 0 Å². The molecule has 2 aliphatic rings. The molecule has 1 saturated heterocycles. The molecule has 0 aromatic carbocycles. The van der Waals surface area contributed by atoms with Crippen molar-refractivity contribution in [1.29, 1.82) is 0 Å². The van der Waals surface area contributed by atoms with Gasteiger partial charge >= 0.3 is 0 Å². The predicted octanol–water partition coefficient (Wildman–Crippen LogP) is 2.37. The highest BCUT2D eigenvalue weighted by atomic mass is 32.2. The molecule has 1 aliphatic carbocycles. The first-order valence-electron chi connectivity index (χ1n) is 6.55. The Kier molecular flexibility index (Phi) is 3.50. The molecule has 0 bridgehead atoms. The van der Waals surface area contributed by atoms with E-state index in [1.54, 1.807) is 0 Å². The number of pyridine rings is 1. The molecular formula is C13H19N3OS. The average molecular weight is 265 g/mol. The van der Waals surface area contributed by atoms with E-state index >= 15 is 0 Å². The summed E-state index contributed by atoms with van der Waals surface area (Å²) >= 11 is 1.98. The van der Waals surface area contributed by atoms with E-state index < -0.39 is 0 Å². The SMILES string of the molecule is Nc1ccc(NC2CCSC2)nc1OCC1CC1. The van der Waals surface area contributed by atoms with Crippen molar-refractivity contribution in [2.45, 2.75) is 25.3 Å². The summed E-state index contributed by atoms with van der Waals surface area (Å²) in [5.74, 6) is 4.57. The molecule has 5 heteroatoms. The number of aromatic nitrogens is 1. The summed E-state index contributed by atoms with van der Waals surface area (Å²) in [6.45, 7) is 0.750. The Bertz CT molecular complexity index is 417. The van der Waals surface area contributed by atoms with Crippen LogP contribution in [0.5, 0.6) is 5.88 Å². The van der Waals surface area contributed by atoms with Gasteiger partial charge in [-0.3, -0.25) is 0 Å². The third-order valence-corrected chi connectivity index (χ3v) is 4.49. The third kappa shape index (κ3) is 3.02. The Morgan fingerprint density at radius 3 is 3.00 bits per heavy atom. The average Bonchev–Trinajstić information content (AvgIpc) is 3.07. The topological polar surface area (TPSA) is 60.2 Å². The largest absolute Gasteiger partial charge is 0.476 e. The molecule has 0 radical (unpaired) electrons. The van der Waals surface area contributed by atoms with Gasteiger partial charge in [0.05, 0.1) is 12.3 Å². The van der Waals surface area contributed by atoms with Crippen LogP contribution in [0.1, 0.15) is 19.3 Å². The second kappa shape index (κ2) is 5.26. The Hall–Kier alpha value is -1.10. The maximum Gasteiger partial charge on any atom is 0.239 e. The Labute approximate surface area is 112 Å². The van der Waals surface area contributed by atoms with Crippen molar-refractivity contribution in [2.24, 2.45) is 5.92 Å². The van der Waals surface area contributed by atoms with Crippen molar-refractivity contribution >= 4 is 23.3 Å². The molecule has 4 nitrogen and oxygen atoms in total. The third-order valence-electron chi connectivity index (χ3n) is 3.32. The van der Waals surface area contributed by atoms with Gasteiger partial charge in [-0.25, -0.2) is 0 Å². The first-order valence-corrected chi connectivity index (χ1v) is 7.70. The lowest BCUT2D eigenvalue weighted by molar-refractivity contribution is 0.290. The number of hydrogen-bond acceptors (Lipinski definition) is 5. The normalized spacial score (nSPS) is 23.0. The van der Waals surface area contributed by atoms with E-state index in [0.29, 0.717) is 23.5 Å². The Balaban J connectivity index is 1.63. The first kappa shape index (κ1) is 12.0. The Morgan fingerprint density at radius 2 is 2.28 bits per heavy atom. The molecule has 0 spiro atoms. The van der Waals surface area contributed by atoms with Crippen molar-refractivity contribution in [3.05, 3.63) is 12.1 Å². The van der Waals surface area contributed by atoms with Crippen LogP contribution in [0.15, 0.2) is 12.1 Å². The highest BCUT2D eigenvalue weighted by molar-refractivity contribution is 7.99. The minimum Gasteiger partial charge on any atom is -0.476 e. The zero-order valence-corrected chi connectivity index (χ0v) is 11.2. The first-order chi connectivity index (χ1) is 8.81. The van der Waals surface area contributed by atoms with Crippen LogP contribution in [0.2, 0.25) is 0 Å². The van der Waals surface area contributed by atoms with Crippen LogP contribution in [-0.2, 0) is 0 Å². The van der Waals surface area contributed by atoms with E-state index in [0.717, 1.165) is 18.2 Å². The molecule has 3 rings (SSSR count). The standard InChI is InChI=1S/C13H19N3OS/c14-11-3-4-12(15-10-5-6-18-8-10)16-13(11)17-7-9-1-2-9/h3-4,9-10H,1-2,5-8,14H2,(H,15,16). The lowest BCUT2D eigenvalue weighted by atomic mass is 10.2. The fourth-order valence-electron chi connectivity index (χ4n) is 1.99. The molecule has 1 atom stereocenters. The lowest BCUT2D eigenvalue weighted by Crippen LogP contribution is -2.19. The summed E-state index contributed by atoms with van der Waals surface area (Å²) < 4.78 is 5.68. The molecule has 0 amide bonds. The highest BCUT2D eigenvalue weighted by Gasteiger charge is 2.23. The van der Waals surface area contributed by atoms with Crippen LogP contribution in [0.4, 0.5) is 11.5 Å². The molecule has 1 aliphatic heterocycles. The van der Waals surface area contributed by atoms with E-state index in [1.165, 1.54) is 25.0 Å². The number of ether oxygens (including phenoxy) is 1. The number of rotatable bonds is 5. The second-order valence-electron chi connectivity index (χ2n) is 5.05. The maximum atomic E-state index is 5.88. The molecular weight excluding hydrogens is 246 g/mol. The van der Waals surface area contributed by atoms with Gasteiger partial charge in [0.25, 0.3) is 0 Å². The number of nitrogens with two attached hydrogens (primary N) is 1. The fraction of sp³-hybridized carbons (Fsp3) is 0.615. The van der Waals surface area contributed by atoms with Crippen LogP contribution in [0.25, 0.3) is 0 Å². The zero-order chi connectivity index (χ0) is 12.4. The van der Waals surface area contributed by atoms with Gasteiger partial charge in [-0.05, 0) is 43.1 Å². The quantitative estimate of drug-likeness (QED) is 0.856. The van der Waals surface area contributed by atoms with Gasteiger partial charge in [0.2, 0.25) is 5.88 Å². The molecule has 18 heavy (non-hydrogen) atoms. The summed E-state index contributed by atoms with van der Waals surface area (Å²) in [6.07, 6.45) is 3.75. The minimum atomic E-state index is 0.530. The maximum absolute atomic E-state index is 5.88. The van der Waals surface area contributed by atoms with Crippen molar-refractivity contribution in [2.75, 3.05) is 29.2 Å². The zero-order valence-electron chi connectivity index (χ0n) is 10.4. The fourth-order valence-corrected chi connectivity index (χ4v) is 3.14. The molecule has 2 fully saturated rings. The molecule has 1 aromatic heterocycles. The van der Waals surface area contributed by atoms with Gasteiger partial charge in [0.15, 0.2) is 0 Å². The molecule has 2 heterocycles. The van der Waals surface area contributed by atoms with Gasteiger partial charge in [0.1, 0.15) is 5.82 Å². The van der Waals surface area contributed by atoms with Crippen LogP contribution in [-0.4, -0.2) is 29.1 Å². The number of nitrogens with one attached hydrogen (secondary N) is 1. The van der Waals surface area contributed by atoms with Crippen LogP contribution < -0.4 is 15.8 Å². The van der Waals surface area contributed by atoms with E-state index in [1.807, 2.05) is 23.9 Å². The molecule has 3 N–H and O–H groups in total. The van der Waals surface area contributed by atoms with Gasteiger partial charge in [-0.15, -0.1) is 0 Å². The van der Waals surface area contributed by atoms with Crippen LogP contribution >= 0.6 is 11.8 Å². The lowest BCUT2D eigenvalue weighted by Gasteiger charge is -2.14. The van der Waals surface area contributed by atoms with Gasteiger partial charge in [-0.1, -0.05) is 0 Å². The molecule has 1 saturated carbocycles. The van der Waals surface area contributed by atoms with Gasteiger partial charge < -0.3 is 15.8 Å². The summed E-state index contributed by atoms with van der Waals surface area (Å²) in [4.78, 5) is 4.47. The number of hydrogen-bond donors (Lipinski definition) is 2. The predicted molar refractivity (Wildman–Crippen MR) is 76.2 cm³/mol. The summed E-state index contributed by atoms with van der Waals surface area (Å²) in [5.41, 5.74) is 6.51. The monoisotopic (exact) mass is 265 g/mol. The highest BCUT2D eigenvalue weighted by Crippen LogP contribution is 2.31. The number of thioether (sulfide) groups is 1. The summed E-state index contributed by atoms with van der Waals surface area (Å²) in [7, 11) is 0. The van der Waals surface area contributed by atoms with E-state index in [-0.39, 0.29) is 0 Å². The number of anilines is 2. The van der Waals surface area contributed by atoms with E-state index in [2.05, 4.69) is 10.3 Å². The van der Waals surface area contributed by atoms with Crippen molar-refractivity contribution in [1.82, 2.24) is 4.98 Å². The van der Waals surface area contributed by atoms with E-state index in [9.17, 15) is 0 Å². The number of nitrogens with zero attached hydrogens (tertiary/aromatic N) is 1. The minimum absolute atomic E-state index is 0.530.